The van der Waals surface area contributed by atoms with E-state index in [4.69, 9.17) is 14.2 Å². The van der Waals surface area contributed by atoms with Crippen molar-refractivity contribution in [1.82, 2.24) is 4.90 Å². The van der Waals surface area contributed by atoms with Gasteiger partial charge in [0, 0.05) is 29.8 Å². The Bertz CT molecular complexity index is 735. The summed E-state index contributed by atoms with van der Waals surface area (Å²) in [5.41, 5.74) is 2.00. The fraction of sp³-hybridized carbons (Fsp3) is 0.400. The van der Waals surface area contributed by atoms with Gasteiger partial charge >= 0.3 is 0 Å². The molecule has 3 rings (SSSR count). The summed E-state index contributed by atoms with van der Waals surface area (Å²) in [5, 5.41) is 0. The molecule has 2 aromatic rings. The predicted molar refractivity (Wildman–Crippen MR) is 94.9 cm³/mol. The summed E-state index contributed by atoms with van der Waals surface area (Å²) in [6.45, 7) is 1.60. The number of likely N-dealkylation sites (tertiary alicyclic amines) is 1. The van der Waals surface area contributed by atoms with E-state index in [9.17, 15) is 4.39 Å². The van der Waals surface area contributed by atoms with Gasteiger partial charge in [0.2, 0.25) is 0 Å². The molecular weight excluding hydrogens is 321 g/mol. The summed E-state index contributed by atoms with van der Waals surface area (Å²) in [6, 6.07) is 10.8. The highest BCUT2D eigenvalue weighted by atomic mass is 19.1. The SMILES string of the molecule is COc1ccc(C2CCCN2Cc2cc(F)ccc2OC)c(OC)c1. The molecule has 1 heterocycles. The Hall–Kier alpha value is -2.27. The van der Waals surface area contributed by atoms with Crippen LogP contribution >= 0.6 is 0 Å². The minimum absolute atomic E-state index is 0.230. The van der Waals surface area contributed by atoms with Crippen molar-refractivity contribution >= 4 is 0 Å². The lowest BCUT2D eigenvalue weighted by atomic mass is 10.0. The number of methoxy groups -OCH3 is 3. The molecule has 0 amide bonds. The van der Waals surface area contributed by atoms with E-state index in [0.717, 1.165) is 42.0 Å². The number of ether oxygens (including phenoxy) is 3. The van der Waals surface area contributed by atoms with Crippen molar-refractivity contribution in [2.24, 2.45) is 0 Å². The van der Waals surface area contributed by atoms with Gasteiger partial charge < -0.3 is 14.2 Å². The standard InChI is InChI=1S/C20H24FNO3/c1-23-16-7-8-17(20(12-16)25-3)18-5-4-10-22(18)13-14-11-15(21)6-9-19(14)24-2/h6-9,11-12,18H,4-5,10,13H2,1-3H3. The lowest BCUT2D eigenvalue weighted by Gasteiger charge is -2.27. The highest BCUT2D eigenvalue weighted by Gasteiger charge is 2.29. The molecule has 0 bridgehead atoms. The summed E-state index contributed by atoms with van der Waals surface area (Å²) in [7, 11) is 4.93. The molecule has 2 aromatic carbocycles. The molecule has 1 fully saturated rings. The first kappa shape index (κ1) is 17.5. The topological polar surface area (TPSA) is 30.9 Å². The van der Waals surface area contributed by atoms with E-state index >= 15 is 0 Å². The van der Waals surface area contributed by atoms with E-state index in [1.165, 1.54) is 6.07 Å². The average Bonchev–Trinajstić information content (AvgIpc) is 3.09. The summed E-state index contributed by atoms with van der Waals surface area (Å²) in [4.78, 5) is 2.35. The lowest BCUT2D eigenvalue weighted by molar-refractivity contribution is 0.238. The molecule has 5 heteroatoms. The number of benzene rings is 2. The van der Waals surface area contributed by atoms with E-state index in [1.807, 2.05) is 12.1 Å². The minimum atomic E-state index is -0.242. The maximum atomic E-state index is 13.7. The summed E-state index contributed by atoms with van der Waals surface area (Å²) < 4.78 is 29.9. The minimum Gasteiger partial charge on any atom is -0.497 e. The molecule has 134 valence electrons. The van der Waals surface area contributed by atoms with Gasteiger partial charge in [-0.25, -0.2) is 4.39 Å². The molecule has 4 nitrogen and oxygen atoms in total. The van der Waals surface area contributed by atoms with E-state index in [1.54, 1.807) is 33.5 Å². The molecule has 25 heavy (non-hydrogen) atoms. The predicted octanol–water partition coefficient (Wildman–Crippen LogP) is 4.19. The van der Waals surface area contributed by atoms with E-state index < -0.39 is 0 Å². The van der Waals surface area contributed by atoms with Crippen LogP contribution in [0.2, 0.25) is 0 Å². The van der Waals surface area contributed by atoms with Gasteiger partial charge in [-0.15, -0.1) is 0 Å². The molecule has 0 saturated carbocycles. The Morgan fingerprint density at radius 2 is 1.80 bits per heavy atom. The van der Waals surface area contributed by atoms with Crippen LogP contribution in [0.3, 0.4) is 0 Å². The summed E-state index contributed by atoms with van der Waals surface area (Å²) >= 11 is 0. The summed E-state index contributed by atoms with van der Waals surface area (Å²) in [5.74, 6) is 2.07. The Morgan fingerprint density at radius 1 is 1.00 bits per heavy atom. The van der Waals surface area contributed by atoms with Crippen LogP contribution in [-0.2, 0) is 6.54 Å². The van der Waals surface area contributed by atoms with Crippen LogP contribution in [0.5, 0.6) is 17.2 Å². The smallest absolute Gasteiger partial charge is 0.127 e. The van der Waals surface area contributed by atoms with E-state index in [0.29, 0.717) is 12.3 Å². The fourth-order valence-electron chi connectivity index (χ4n) is 3.55. The molecule has 0 N–H and O–H groups in total. The van der Waals surface area contributed by atoms with Gasteiger partial charge in [0.25, 0.3) is 0 Å². The van der Waals surface area contributed by atoms with Crippen LogP contribution < -0.4 is 14.2 Å². The van der Waals surface area contributed by atoms with Crippen LogP contribution in [0.4, 0.5) is 4.39 Å². The third-order valence-electron chi connectivity index (χ3n) is 4.78. The molecule has 1 atom stereocenters. The van der Waals surface area contributed by atoms with Gasteiger partial charge in [-0.1, -0.05) is 6.07 Å². The monoisotopic (exact) mass is 345 g/mol. The van der Waals surface area contributed by atoms with Crippen molar-refractivity contribution in [2.75, 3.05) is 27.9 Å². The second kappa shape index (κ2) is 7.74. The van der Waals surface area contributed by atoms with Gasteiger partial charge in [-0.3, -0.25) is 4.90 Å². The molecular formula is C20H24FNO3. The third-order valence-corrected chi connectivity index (χ3v) is 4.78. The number of halogens is 1. The first-order valence-corrected chi connectivity index (χ1v) is 8.44. The van der Waals surface area contributed by atoms with Crippen molar-refractivity contribution in [1.29, 1.82) is 0 Å². The zero-order chi connectivity index (χ0) is 17.8. The first-order chi connectivity index (χ1) is 12.2. The molecule has 1 aliphatic heterocycles. The highest BCUT2D eigenvalue weighted by Crippen LogP contribution is 2.40. The number of hydrogen-bond donors (Lipinski definition) is 0. The van der Waals surface area contributed by atoms with E-state index in [2.05, 4.69) is 11.0 Å². The molecule has 0 radical (unpaired) electrons. The zero-order valence-electron chi connectivity index (χ0n) is 14.9. The van der Waals surface area contributed by atoms with Gasteiger partial charge in [-0.05, 0) is 43.7 Å². The normalized spacial score (nSPS) is 17.5. The van der Waals surface area contributed by atoms with Crippen LogP contribution in [0.25, 0.3) is 0 Å². The number of rotatable bonds is 6. The number of nitrogens with zero attached hydrogens (tertiary/aromatic N) is 1. The van der Waals surface area contributed by atoms with Crippen molar-refractivity contribution in [3.05, 3.63) is 53.3 Å². The number of hydrogen-bond acceptors (Lipinski definition) is 4. The molecule has 0 aromatic heterocycles. The van der Waals surface area contributed by atoms with Crippen LogP contribution in [0, 0.1) is 5.82 Å². The average molecular weight is 345 g/mol. The quantitative estimate of drug-likeness (QED) is 0.785. The maximum Gasteiger partial charge on any atom is 0.127 e. The molecule has 1 aliphatic rings. The fourth-order valence-corrected chi connectivity index (χ4v) is 3.55. The van der Waals surface area contributed by atoms with Gasteiger partial charge in [0.05, 0.1) is 21.3 Å². The lowest BCUT2D eigenvalue weighted by Crippen LogP contribution is -2.23. The van der Waals surface area contributed by atoms with Crippen LogP contribution in [0.15, 0.2) is 36.4 Å². The van der Waals surface area contributed by atoms with Crippen molar-refractivity contribution in [2.45, 2.75) is 25.4 Å². The molecule has 0 aliphatic carbocycles. The Labute approximate surface area is 148 Å². The van der Waals surface area contributed by atoms with Crippen molar-refractivity contribution in [3.8, 4) is 17.2 Å². The van der Waals surface area contributed by atoms with Gasteiger partial charge in [0.1, 0.15) is 23.1 Å². The van der Waals surface area contributed by atoms with Gasteiger partial charge in [0.15, 0.2) is 0 Å². The molecule has 1 unspecified atom stereocenters. The Kier molecular flexibility index (Phi) is 5.43. The third kappa shape index (κ3) is 3.71. The summed E-state index contributed by atoms with van der Waals surface area (Å²) in [6.07, 6.45) is 2.14. The molecule has 0 spiro atoms. The van der Waals surface area contributed by atoms with Crippen molar-refractivity contribution in [3.63, 3.8) is 0 Å². The second-order valence-corrected chi connectivity index (χ2v) is 6.19. The molecule has 1 saturated heterocycles. The highest BCUT2D eigenvalue weighted by molar-refractivity contribution is 5.43. The van der Waals surface area contributed by atoms with Gasteiger partial charge in [-0.2, -0.15) is 0 Å². The van der Waals surface area contributed by atoms with Crippen LogP contribution in [-0.4, -0.2) is 32.8 Å². The Morgan fingerprint density at radius 3 is 2.52 bits per heavy atom. The largest absolute Gasteiger partial charge is 0.497 e. The maximum absolute atomic E-state index is 13.7. The van der Waals surface area contributed by atoms with Crippen molar-refractivity contribution < 1.29 is 18.6 Å². The zero-order valence-corrected chi connectivity index (χ0v) is 14.9. The van der Waals surface area contributed by atoms with E-state index in [-0.39, 0.29) is 11.9 Å². The van der Waals surface area contributed by atoms with Crippen LogP contribution in [0.1, 0.15) is 30.0 Å². The Balaban J connectivity index is 1.87. The second-order valence-electron chi connectivity index (χ2n) is 6.19. The first-order valence-electron chi connectivity index (χ1n) is 8.44.